The Hall–Kier alpha value is -0.740. The smallest absolute Gasteiger partial charge is 0.139 e. The summed E-state index contributed by atoms with van der Waals surface area (Å²) < 4.78 is 0. The van der Waals surface area contributed by atoms with E-state index in [0.29, 0.717) is 18.6 Å². The third-order valence-electron chi connectivity index (χ3n) is 3.72. The van der Waals surface area contributed by atoms with E-state index in [1.807, 2.05) is 0 Å². The van der Waals surface area contributed by atoms with Gasteiger partial charge in [0.2, 0.25) is 0 Å². The molecular formula is C14H25N3O. The zero-order valence-corrected chi connectivity index (χ0v) is 11.7. The van der Waals surface area contributed by atoms with Gasteiger partial charge >= 0.3 is 0 Å². The number of piperazine rings is 1. The highest BCUT2D eigenvalue weighted by atomic mass is 16.1. The standard InChI is InChI=1S/C14H25N3O/c1-14(2)10-12(9-13(18)11-14)16-5-8-17-6-3-15-4-7-17/h15H,3-11H2,1-2H3. The number of rotatable bonds is 3. The van der Waals surface area contributed by atoms with Gasteiger partial charge in [-0.15, -0.1) is 0 Å². The molecule has 2 rings (SSSR count). The number of Topliss-reactive ketones (excluding diaryl/α,β-unsaturated/α-hetero) is 1. The molecule has 0 atom stereocenters. The molecule has 0 aromatic heterocycles. The molecule has 1 aliphatic heterocycles. The predicted octanol–water partition coefficient (Wildman–Crippen LogP) is 1.11. The van der Waals surface area contributed by atoms with Crippen molar-refractivity contribution in [2.45, 2.75) is 33.1 Å². The molecule has 1 aliphatic carbocycles. The predicted molar refractivity (Wildman–Crippen MR) is 74.3 cm³/mol. The van der Waals surface area contributed by atoms with Gasteiger partial charge in [0.1, 0.15) is 5.78 Å². The highest BCUT2D eigenvalue weighted by Crippen LogP contribution is 2.31. The van der Waals surface area contributed by atoms with Crippen molar-refractivity contribution in [3.8, 4) is 0 Å². The van der Waals surface area contributed by atoms with E-state index in [4.69, 9.17) is 0 Å². The first kappa shape index (κ1) is 13.7. The van der Waals surface area contributed by atoms with Crippen LogP contribution < -0.4 is 5.32 Å². The molecule has 1 heterocycles. The summed E-state index contributed by atoms with van der Waals surface area (Å²) in [5.74, 6) is 0.354. The van der Waals surface area contributed by atoms with Crippen LogP contribution in [0.5, 0.6) is 0 Å². The van der Waals surface area contributed by atoms with E-state index < -0.39 is 0 Å². The molecule has 4 heteroatoms. The summed E-state index contributed by atoms with van der Waals surface area (Å²) in [6.07, 6.45) is 2.29. The summed E-state index contributed by atoms with van der Waals surface area (Å²) in [5, 5.41) is 3.35. The number of nitrogens with one attached hydrogen (secondary N) is 1. The number of ketones is 1. The van der Waals surface area contributed by atoms with Crippen LogP contribution in [0.1, 0.15) is 33.1 Å². The number of hydrogen-bond donors (Lipinski definition) is 1. The number of carbonyl (C=O) groups is 1. The van der Waals surface area contributed by atoms with Gasteiger partial charge in [-0.25, -0.2) is 0 Å². The lowest BCUT2D eigenvalue weighted by atomic mass is 9.76. The number of aliphatic imine (C=N–C) groups is 1. The highest BCUT2D eigenvalue weighted by molar-refractivity contribution is 6.04. The first-order chi connectivity index (χ1) is 8.55. The molecule has 0 aromatic carbocycles. The van der Waals surface area contributed by atoms with E-state index in [1.54, 1.807) is 0 Å². The van der Waals surface area contributed by atoms with Crippen LogP contribution in [-0.4, -0.2) is 55.7 Å². The minimum absolute atomic E-state index is 0.114. The van der Waals surface area contributed by atoms with Crippen LogP contribution in [0.15, 0.2) is 4.99 Å². The van der Waals surface area contributed by atoms with E-state index >= 15 is 0 Å². The van der Waals surface area contributed by atoms with Crippen molar-refractivity contribution in [3.63, 3.8) is 0 Å². The second-order valence-electron chi connectivity index (χ2n) is 6.27. The van der Waals surface area contributed by atoms with Crippen LogP contribution in [0.3, 0.4) is 0 Å². The molecule has 1 N–H and O–H groups in total. The molecule has 4 nitrogen and oxygen atoms in total. The molecule has 2 fully saturated rings. The van der Waals surface area contributed by atoms with Gasteiger partial charge in [-0.05, 0) is 11.8 Å². The van der Waals surface area contributed by atoms with Gasteiger partial charge in [0.05, 0.1) is 6.54 Å². The minimum atomic E-state index is 0.114. The van der Waals surface area contributed by atoms with Gasteiger partial charge in [-0.2, -0.15) is 0 Å². The highest BCUT2D eigenvalue weighted by Gasteiger charge is 2.30. The van der Waals surface area contributed by atoms with Crippen molar-refractivity contribution in [1.29, 1.82) is 0 Å². The van der Waals surface area contributed by atoms with Crippen molar-refractivity contribution < 1.29 is 4.79 Å². The molecule has 0 spiro atoms. The number of hydrogen-bond acceptors (Lipinski definition) is 4. The van der Waals surface area contributed by atoms with Gasteiger partial charge in [0.15, 0.2) is 0 Å². The first-order valence-electron chi connectivity index (χ1n) is 7.02. The molecule has 18 heavy (non-hydrogen) atoms. The van der Waals surface area contributed by atoms with Gasteiger partial charge < -0.3 is 5.32 Å². The third-order valence-corrected chi connectivity index (χ3v) is 3.72. The maximum absolute atomic E-state index is 11.7. The van der Waals surface area contributed by atoms with Crippen molar-refractivity contribution >= 4 is 11.5 Å². The monoisotopic (exact) mass is 251 g/mol. The van der Waals surface area contributed by atoms with Crippen LogP contribution in [0.4, 0.5) is 0 Å². The lowest BCUT2D eigenvalue weighted by molar-refractivity contribution is -0.120. The summed E-state index contributed by atoms with van der Waals surface area (Å²) >= 11 is 0. The van der Waals surface area contributed by atoms with Crippen molar-refractivity contribution in [2.75, 3.05) is 39.3 Å². The second-order valence-corrected chi connectivity index (χ2v) is 6.27. The Bertz CT molecular complexity index is 330. The third kappa shape index (κ3) is 4.18. The Morgan fingerprint density at radius 1 is 1.28 bits per heavy atom. The molecule has 0 radical (unpaired) electrons. The summed E-state index contributed by atoms with van der Waals surface area (Å²) in [7, 11) is 0. The van der Waals surface area contributed by atoms with Crippen LogP contribution in [0.25, 0.3) is 0 Å². The summed E-state index contributed by atoms with van der Waals surface area (Å²) in [5.41, 5.74) is 1.23. The van der Waals surface area contributed by atoms with E-state index in [9.17, 15) is 4.79 Å². The summed E-state index contributed by atoms with van der Waals surface area (Å²) in [4.78, 5) is 18.8. The normalized spacial score (nSPS) is 27.7. The van der Waals surface area contributed by atoms with Crippen LogP contribution in [0.2, 0.25) is 0 Å². The van der Waals surface area contributed by atoms with Crippen molar-refractivity contribution in [2.24, 2.45) is 10.4 Å². The molecule has 1 saturated heterocycles. The minimum Gasteiger partial charge on any atom is -0.314 e. The van der Waals surface area contributed by atoms with Crippen LogP contribution >= 0.6 is 0 Å². The van der Waals surface area contributed by atoms with Gasteiger partial charge in [0.25, 0.3) is 0 Å². The van der Waals surface area contributed by atoms with E-state index in [-0.39, 0.29) is 5.41 Å². The number of carbonyl (C=O) groups excluding carboxylic acids is 1. The van der Waals surface area contributed by atoms with Gasteiger partial charge in [-0.1, -0.05) is 13.8 Å². The first-order valence-corrected chi connectivity index (χ1v) is 7.02. The lowest BCUT2D eigenvalue weighted by Gasteiger charge is -2.30. The Morgan fingerprint density at radius 3 is 2.67 bits per heavy atom. The Kier molecular flexibility index (Phi) is 4.51. The molecule has 1 saturated carbocycles. The van der Waals surface area contributed by atoms with Gasteiger partial charge in [0, 0.05) is 51.3 Å². The second kappa shape index (κ2) is 5.93. The van der Waals surface area contributed by atoms with E-state index in [2.05, 4.69) is 29.1 Å². The van der Waals surface area contributed by atoms with Gasteiger partial charge in [-0.3, -0.25) is 14.7 Å². The molecular weight excluding hydrogens is 226 g/mol. The molecule has 0 amide bonds. The maximum atomic E-state index is 11.7. The number of nitrogens with zero attached hydrogens (tertiary/aromatic N) is 2. The molecule has 0 aromatic rings. The molecule has 0 unspecified atom stereocenters. The average Bonchev–Trinajstić information content (AvgIpc) is 2.27. The average molecular weight is 251 g/mol. The Balaban J connectivity index is 1.79. The molecule has 102 valence electrons. The fourth-order valence-electron chi connectivity index (χ4n) is 2.90. The topological polar surface area (TPSA) is 44.7 Å². The van der Waals surface area contributed by atoms with Crippen LogP contribution in [0, 0.1) is 5.41 Å². The van der Waals surface area contributed by atoms with E-state index in [0.717, 1.165) is 51.4 Å². The largest absolute Gasteiger partial charge is 0.314 e. The quantitative estimate of drug-likeness (QED) is 0.817. The SMILES string of the molecule is CC1(C)CC(=O)CC(=NCCN2CCNCC2)C1. The van der Waals surface area contributed by atoms with Crippen LogP contribution in [-0.2, 0) is 4.79 Å². The van der Waals surface area contributed by atoms with E-state index in [1.165, 1.54) is 0 Å². The zero-order valence-electron chi connectivity index (χ0n) is 11.7. The van der Waals surface area contributed by atoms with Crippen molar-refractivity contribution in [3.05, 3.63) is 0 Å². The fraction of sp³-hybridized carbons (Fsp3) is 0.857. The molecule has 2 aliphatic rings. The Morgan fingerprint density at radius 2 is 2.00 bits per heavy atom. The zero-order chi connectivity index (χ0) is 13.0. The maximum Gasteiger partial charge on any atom is 0.139 e. The Labute approximate surface area is 110 Å². The lowest BCUT2D eigenvalue weighted by Crippen LogP contribution is -2.44. The summed E-state index contributed by atoms with van der Waals surface area (Å²) in [6.45, 7) is 10.6. The summed E-state index contributed by atoms with van der Waals surface area (Å²) in [6, 6.07) is 0. The van der Waals surface area contributed by atoms with Crippen molar-refractivity contribution in [1.82, 2.24) is 10.2 Å². The fourth-order valence-corrected chi connectivity index (χ4v) is 2.90. The molecule has 0 bridgehead atoms.